The molecule has 0 aromatic heterocycles. The van der Waals surface area contributed by atoms with Gasteiger partial charge in [-0.3, -0.25) is 10.1 Å². The van der Waals surface area contributed by atoms with E-state index in [1.54, 1.807) is 0 Å². The Morgan fingerprint density at radius 2 is 1.77 bits per heavy atom. The van der Waals surface area contributed by atoms with Gasteiger partial charge in [-0.25, -0.2) is 22.3 Å². The molecule has 0 aliphatic rings. The minimum atomic E-state index is -4.08. The Balaban J connectivity index is 2.46. The van der Waals surface area contributed by atoms with Gasteiger partial charge in [-0.15, -0.1) is 0 Å². The lowest BCUT2D eigenvalue weighted by atomic mass is 10.3. The van der Waals surface area contributed by atoms with Gasteiger partial charge < -0.3 is 0 Å². The van der Waals surface area contributed by atoms with Crippen molar-refractivity contribution in [1.82, 2.24) is 0 Å². The highest BCUT2D eigenvalue weighted by atomic mass is 32.2. The molecule has 0 saturated heterocycles. The summed E-state index contributed by atoms with van der Waals surface area (Å²) in [5, 5.41) is 16.0. The van der Waals surface area contributed by atoms with Crippen LogP contribution in [0.2, 0.25) is 0 Å². The monoisotopic (exact) mass is 346 g/mol. The first-order valence-corrected chi connectivity index (χ1v) is 7.99. The Morgan fingerprint density at radius 1 is 1.09 bits per heavy atom. The number of halogens is 2. The van der Waals surface area contributed by atoms with E-state index in [-0.39, 0.29) is 9.79 Å². The molecule has 0 unspecified atom stereocenters. The van der Waals surface area contributed by atoms with Gasteiger partial charge in [0.05, 0.1) is 14.7 Å². The number of rotatable bonds is 4. The maximum Gasteiger partial charge on any atom is 0.284 e. The highest BCUT2D eigenvalue weighted by Gasteiger charge is 2.20. The molecule has 6 nitrogen and oxygen atoms in total. The highest BCUT2D eigenvalue weighted by molar-refractivity contribution is 7.99. The van der Waals surface area contributed by atoms with E-state index in [0.29, 0.717) is 0 Å². The van der Waals surface area contributed by atoms with Crippen LogP contribution in [-0.2, 0) is 10.0 Å². The van der Waals surface area contributed by atoms with Crippen LogP contribution in [0.3, 0.4) is 0 Å². The summed E-state index contributed by atoms with van der Waals surface area (Å²) in [5.74, 6) is -2.13. The lowest BCUT2D eigenvalue weighted by Gasteiger charge is -2.05. The molecular formula is C12H8F2N2O4S2. The number of nitrogens with zero attached hydrogens (tertiary/aromatic N) is 1. The first-order valence-electron chi connectivity index (χ1n) is 5.62. The third kappa shape index (κ3) is 3.59. The second-order valence-electron chi connectivity index (χ2n) is 4.11. The van der Waals surface area contributed by atoms with Gasteiger partial charge in [0.25, 0.3) is 5.69 Å². The summed E-state index contributed by atoms with van der Waals surface area (Å²) in [6, 6.07) is 6.13. The summed E-state index contributed by atoms with van der Waals surface area (Å²) in [7, 11) is -4.08. The van der Waals surface area contributed by atoms with Crippen LogP contribution in [-0.4, -0.2) is 13.3 Å². The average molecular weight is 346 g/mol. The van der Waals surface area contributed by atoms with Gasteiger partial charge in [0, 0.05) is 11.0 Å². The largest absolute Gasteiger partial charge is 0.284 e. The molecule has 2 aromatic carbocycles. The molecule has 116 valence electrons. The fourth-order valence-electron chi connectivity index (χ4n) is 1.57. The van der Waals surface area contributed by atoms with E-state index < -0.39 is 37.2 Å². The number of nitro benzene ring substituents is 1. The zero-order valence-corrected chi connectivity index (χ0v) is 12.3. The molecule has 0 saturated carbocycles. The van der Waals surface area contributed by atoms with Crippen molar-refractivity contribution >= 4 is 27.5 Å². The van der Waals surface area contributed by atoms with Gasteiger partial charge in [-0.1, -0.05) is 11.8 Å². The molecule has 0 aliphatic carbocycles. The van der Waals surface area contributed by atoms with E-state index in [0.717, 1.165) is 36.0 Å². The van der Waals surface area contributed by atoms with E-state index in [1.165, 1.54) is 12.1 Å². The average Bonchev–Trinajstić information content (AvgIpc) is 2.42. The summed E-state index contributed by atoms with van der Waals surface area (Å²) in [6.45, 7) is 0. The van der Waals surface area contributed by atoms with Crippen molar-refractivity contribution in [2.75, 3.05) is 0 Å². The van der Waals surface area contributed by atoms with Crippen molar-refractivity contribution in [3.8, 4) is 0 Å². The summed E-state index contributed by atoms with van der Waals surface area (Å²) in [4.78, 5) is 10.1. The Bertz CT molecular complexity index is 856. The normalized spacial score (nSPS) is 11.4. The summed E-state index contributed by atoms with van der Waals surface area (Å²) in [5.41, 5.74) is -0.499. The van der Waals surface area contributed by atoms with Crippen molar-refractivity contribution in [1.29, 1.82) is 0 Å². The zero-order chi connectivity index (χ0) is 16.5. The van der Waals surface area contributed by atoms with E-state index in [9.17, 15) is 27.3 Å². The standard InChI is InChI=1S/C12H8F2N2O4S2/c13-9-3-1-7(5-10(9)14)21-12-4-2-8(22(15,19)20)6-11(12)16(17)18/h1-6H,(H2,15,19,20). The van der Waals surface area contributed by atoms with Crippen LogP contribution in [0.1, 0.15) is 0 Å². The maximum absolute atomic E-state index is 13.1. The van der Waals surface area contributed by atoms with Gasteiger partial charge in [0.1, 0.15) is 0 Å². The van der Waals surface area contributed by atoms with Crippen LogP contribution in [0.25, 0.3) is 0 Å². The van der Waals surface area contributed by atoms with Gasteiger partial charge in [-0.05, 0) is 30.3 Å². The molecule has 0 bridgehead atoms. The van der Waals surface area contributed by atoms with Gasteiger partial charge in [-0.2, -0.15) is 0 Å². The van der Waals surface area contributed by atoms with Crippen LogP contribution in [0.5, 0.6) is 0 Å². The molecule has 22 heavy (non-hydrogen) atoms. The Hall–Kier alpha value is -2.04. The molecule has 10 heteroatoms. The number of hydrogen-bond donors (Lipinski definition) is 1. The maximum atomic E-state index is 13.1. The number of nitrogens with two attached hydrogens (primary N) is 1. The molecule has 0 aliphatic heterocycles. The minimum absolute atomic E-state index is 0.0726. The number of hydrogen-bond acceptors (Lipinski definition) is 5. The van der Waals surface area contributed by atoms with Crippen molar-refractivity contribution < 1.29 is 22.1 Å². The molecule has 0 radical (unpaired) electrons. The predicted octanol–water partition coefficient (Wildman–Crippen LogP) is 2.67. The second kappa shape index (κ2) is 5.99. The molecular weight excluding hydrogens is 338 g/mol. The Labute approximate surface area is 128 Å². The predicted molar refractivity (Wildman–Crippen MR) is 75.0 cm³/mol. The molecule has 0 fully saturated rings. The number of nitro groups is 1. The smallest absolute Gasteiger partial charge is 0.258 e. The van der Waals surface area contributed by atoms with E-state index in [2.05, 4.69) is 0 Å². The van der Waals surface area contributed by atoms with E-state index in [4.69, 9.17) is 5.14 Å². The van der Waals surface area contributed by atoms with Crippen LogP contribution < -0.4 is 5.14 Å². The summed E-state index contributed by atoms with van der Waals surface area (Å²) in [6.07, 6.45) is 0. The molecule has 0 spiro atoms. The summed E-state index contributed by atoms with van der Waals surface area (Å²) < 4.78 is 48.4. The number of sulfonamides is 1. The molecule has 0 atom stereocenters. The molecule has 2 rings (SSSR count). The summed E-state index contributed by atoms with van der Waals surface area (Å²) >= 11 is 0.801. The lowest BCUT2D eigenvalue weighted by molar-refractivity contribution is -0.388. The minimum Gasteiger partial charge on any atom is -0.258 e. The first kappa shape index (κ1) is 16.3. The molecule has 2 aromatic rings. The Morgan fingerprint density at radius 3 is 2.32 bits per heavy atom. The number of primary sulfonamides is 1. The van der Waals surface area contributed by atoms with E-state index in [1.807, 2.05) is 0 Å². The quantitative estimate of drug-likeness (QED) is 0.677. The molecule has 0 heterocycles. The molecule has 2 N–H and O–H groups in total. The third-order valence-corrected chi connectivity index (χ3v) is 4.54. The van der Waals surface area contributed by atoms with Crippen LogP contribution in [0.4, 0.5) is 14.5 Å². The SMILES string of the molecule is NS(=O)(=O)c1ccc(Sc2ccc(F)c(F)c2)c([N+](=O)[O-])c1. The first-order chi connectivity index (χ1) is 10.2. The third-order valence-electron chi connectivity index (χ3n) is 2.57. The fraction of sp³-hybridized carbons (Fsp3) is 0. The fourth-order valence-corrected chi connectivity index (χ4v) is 3.03. The highest BCUT2D eigenvalue weighted by Crippen LogP contribution is 2.36. The van der Waals surface area contributed by atoms with Crippen molar-refractivity contribution in [3.63, 3.8) is 0 Å². The van der Waals surface area contributed by atoms with E-state index >= 15 is 0 Å². The Kier molecular flexibility index (Phi) is 4.44. The van der Waals surface area contributed by atoms with Crippen LogP contribution >= 0.6 is 11.8 Å². The van der Waals surface area contributed by atoms with Gasteiger partial charge in [0.15, 0.2) is 11.6 Å². The van der Waals surface area contributed by atoms with Crippen molar-refractivity contribution in [2.24, 2.45) is 5.14 Å². The van der Waals surface area contributed by atoms with Gasteiger partial charge >= 0.3 is 0 Å². The van der Waals surface area contributed by atoms with Crippen LogP contribution in [0.15, 0.2) is 51.1 Å². The number of benzene rings is 2. The van der Waals surface area contributed by atoms with Crippen LogP contribution in [0, 0.1) is 21.7 Å². The van der Waals surface area contributed by atoms with Gasteiger partial charge in [0.2, 0.25) is 10.0 Å². The zero-order valence-electron chi connectivity index (χ0n) is 10.7. The molecule has 0 amide bonds. The van der Waals surface area contributed by atoms with Crippen molar-refractivity contribution in [2.45, 2.75) is 14.7 Å². The second-order valence-corrected chi connectivity index (χ2v) is 6.79. The van der Waals surface area contributed by atoms with Crippen molar-refractivity contribution in [3.05, 3.63) is 58.1 Å². The topological polar surface area (TPSA) is 103 Å². The lowest BCUT2D eigenvalue weighted by Crippen LogP contribution is -2.12.